The van der Waals surface area contributed by atoms with Crippen LogP contribution in [0.1, 0.15) is 33.1 Å². The van der Waals surface area contributed by atoms with Gasteiger partial charge in [0.15, 0.2) is 0 Å². The van der Waals surface area contributed by atoms with Gasteiger partial charge in [-0.3, -0.25) is 0 Å². The van der Waals surface area contributed by atoms with Crippen LogP contribution in [0.25, 0.3) is 0 Å². The molecule has 0 aromatic heterocycles. The summed E-state index contributed by atoms with van der Waals surface area (Å²) >= 11 is 0. The molecule has 3 atom stereocenters. The van der Waals surface area contributed by atoms with Crippen molar-refractivity contribution in [1.29, 1.82) is 0 Å². The summed E-state index contributed by atoms with van der Waals surface area (Å²) in [6.45, 7) is 4.76. The van der Waals surface area contributed by atoms with Crippen molar-refractivity contribution in [2.75, 3.05) is 0 Å². The van der Waals surface area contributed by atoms with Crippen molar-refractivity contribution in [3.63, 3.8) is 0 Å². The maximum absolute atomic E-state index is 5.41. The summed E-state index contributed by atoms with van der Waals surface area (Å²) in [5, 5.41) is 4.01. The predicted molar refractivity (Wildman–Crippen MR) is 46.9 cm³/mol. The van der Waals surface area contributed by atoms with Crippen LogP contribution >= 0.6 is 0 Å². The Kier molecular flexibility index (Phi) is 0.984. The highest BCUT2D eigenvalue weighted by Crippen LogP contribution is 2.66. The smallest absolute Gasteiger partial charge is 0.139 e. The van der Waals surface area contributed by atoms with Crippen LogP contribution in [0.2, 0.25) is 0 Å². The maximum Gasteiger partial charge on any atom is 0.139 e. The van der Waals surface area contributed by atoms with Crippen molar-refractivity contribution in [2.45, 2.75) is 39.2 Å². The van der Waals surface area contributed by atoms with E-state index in [0.717, 1.165) is 5.92 Å². The van der Waals surface area contributed by atoms with Crippen molar-refractivity contribution >= 4 is 6.21 Å². The molecular weight excluding hydrogens is 150 g/mol. The summed E-state index contributed by atoms with van der Waals surface area (Å²) in [6, 6.07) is 0. The second-order valence-corrected chi connectivity index (χ2v) is 5.06. The molecule has 3 rings (SSSR count). The van der Waals surface area contributed by atoms with E-state index in [4.69, 9.17) is 4.84 Å². The van der Waals surface area contributed by atoms with E-state index < -0.39 is 0 Å². The van der Waals surface area contributed by atoms with Crippen molar-refractivity contribution in [3.8, 4) is 0 Å². The average molecular weight is 165 g/mol. The molecule has 2 nitrogen and oxygen atoms in total. The Labute approximate surface area is 73.0 Å². The van der Waals surface area contributed by atoms with Gasteiger partial charge in [-0.1, -0.05) is 19.0 Å². The number of hydrogen-bond donors (Lipinski definition) is 0. The molecule has 1 aliphatic heterocycles. The van der Waals surface area contributed by atoms with Crippen LogP contribution < -0.4 is 0 Å². The van der Waals surface area contributed by atoms with Gasteiger partial charge in [0.2, 0.25) is 0 Å². The number of fused-ring (bicyclic) bond motifs is 1. The third-order valence-corrected chi connectivity index (χ3v) is 4.67. The maximum atomic E-state index is 5.41. The zero-order valence-corrected chi connectivity index (χ0v) is 7.71. The van der Waals surface area contributed by atoms with Gasteiger partial charge in [0.1, 0.15) is 6.10 Å². The van der Waals surface area contributed by atoms with Crippen molar-refractivity contribution < 1.29 is 4.84 Å². The molecule has 2 fully saturated rings. The van der Waals surface area contributed by atoms with E-state index in [1.165, 1.54) is 19.3 Å². The lowest BCUT2D eigenvalue weighted by atomic mass is 9.69. The quantitative estimate of drug-likeness (QED) is 0.539. The zero-order valence-electron chi connectivity index (χ0n) is 7.71. The molecule has 2 heteroatoms. The Morgan fingerprint density at radius 2 is 2.33 bits per heavy atom. The SMILES string of the molecule is CC1(C)[C@H]2CC[C@@]13C=NO[C@H]3C2. The fourth-order valence-electron chi connectivity index (χ4n) is 3.58. The first-order valence-electron chi connectivity index (χ1n) is 4.87. The Morgan fingerprint density at radius 1 is 1.50 bits per heavy atom. The Hall–Kier alpha value is -0.530. The van der Waals surface area contributed by atoms with E-state index in [9.17, 15) is 0 Å². The van der Waals surface area contributed by atoms with Crippen molar-refractivity contribution in [3.05, 3.63) is 0 Å². The van der Waals surface area contributed by atoms with E-state index in [0.29, 0.717) is 16.9 Å². The van der Waals surface area contributed by atoms with Gasteiger partial charge in [0, 0.05) is 0 Å². The second-order valence-electron chi connectivity index (χ2n) is 5.06. The van der Waals surface area contributed by atoms with E-state index >= 15 is 0 Å². The molecule has 0 radical (unpaired) electrons. The second kappa shape index (κ2) is 1.70. The number of hydrogen-bond acceptors (Lipinski definition) is 2. The fraction of sp³-hybridized carbons (Fsp3) is 0.900. The first-order chi connectivity index (χ1) is 5.67. The fourth-order valence-corrected chi connectivity index (χ4v) is 3.58. The highest BCUT2D eigenvalue weighted by molar-refractivity contribution is 5.71. The molecule has 12 heavy (non-hydrogen) atoms. The van der Waals surface area contributed by atoms with E-state index in [1.54, 1.807) is 0 Å². The molecule has 2 aliphatic carbocycles. The topological polar surface area (TPSA) is 21.6 Å². The number of nitrogens with zero attached hydrogens (tertiary/aromatic N) is 1. The molecule has 1 heterocycles. The van der Waals surface area contributed by atoms with Gasteiger partial charge in [-0.25, -0.2) is 0 Å². The van der Waals surface area contributed by atoms with Crippen LogP contribution in [0.15, 0.2) is 5.16 Å². The summed E-state index contributed by atoms with van der Waals surface area (Å²) < 4.78 is 0. The number of oxime groups is 1. The van der Waals surface area contributed by atoms with Gasteiger partial charge in [0.05, 0.1) is 11.6 Å². The lowest BCUT2D eigenvalue weighted by Gasteiger charge is -2.33. The summed E-state index contributed by atoms with van der Waals surface area (Å²) in [6.07, 6.45) is 6.39. The highest BCUT2D eigenvalue weighted by atomic mass is 16.6. The largest absolute Gasteiger partial charge is 0.392 e. The van der Waals surface area contributed by atoms with Crippen LogP contribution in [-0.2, 0) is 4.84 Å². The van der Waals surface area contributed by atoms with Gasteiger partial charge >= 0.3 is 0 Å². The Morgan fingerprint density at radius 3 is 3.00 bits per heavy atom. The molecule has 2 saturated carbocycles. The molecule has 0 N–H and O–H groups in total. The molecule has 1 spiro atoms. The van der Waals surface area contributed by atoms with Gasteiger partial charge < -0.3 is 4.84 Å². The van der Waals surface area contributed by atoms with Gasteiger partial charge in [0.25, 0.3) is 0 Å². The standard InChI is InChI=1S/C10H15NO/c1-9(2)7-3-4-10(9)6-11-12-8(10)5-7/h6-8H,3-5H2,1-2H3/t7-,8-,10-/m0/s1. The first kappa shape index (κ1) is 6.93. The lowest BCUT2D eigenvalue weighted by molar-refractivity contribution is 0.0164. The molecular formula is C10H15NO. The Balaban J connectivity index is 2.14. The lowest BCUT2D eigenvalue weighted by Crippen LogP contribution is -2.37. The molecule has 0 amide bonds. The minimum absolute atomic E-state index is 0.303. The normalized spacial score (nSPS) is 52.5. The molecule has 66 valence electrons. The monoisotopic (exact) mass is 165 g/mol. The minimum Gasteiger partial charge on any atom is -0.392 e. The average Bonchev–Trinajstić information content (AvgIpc) is 2.60. The summed E-state index contributed by atoms with van der Waals surface area (Å²) in [7, 11) is 0. The van der Waals surface area contributed by atoms with Crippen LogP contribution in [0.4, 0.5) is 0 Å². The summed E-state index contributed by atoms with van der Waals surface area (Å²) in [5.41, 5.74) is 0.731. The van der Waals surface area contributed by atoms with Gasteiger partial charge in [-0.2, -0.15) is 0 Å². The third-order valence-electron chi connectivity index (χ3n) is 4.67. The van der Waals surface area contributed by atoms with Crippen molar-refractivity contribution in [1.82, 2.24) is 0 Å². The van der Waals surface area contributed by atoms with E-state index in [2.05, 4.69) is 25.2 Å². The van der Waals surface area contributed by atoms with Crippen LogP contribution in [-0.4, -0.2) is 12.3 Å². The molecule has 0 unspecified atom stereocenters. The van der Waals surface area contributed by atoms with Crippen LogP contribution in [0, 0.1) is 16.7 Å². The van der Waals surface area contributed by atoms with Gasteiger partial charge in [-0.15, -0.1) is 0 Å². The molecule has 0 aromatic carbocycles. The van der Waals surface area contributed by atoms with Crippen LogP contribution in [0.3, 0.4) is 0 Å². The van der Waals surface area contributed by atoms with Crippen molar-refractivity contribution in [2.24, 2.45) is 21.9 Å². The Bertz CT molecular complexity index is 259. The zero-order chi connectivity index (χ0) is 8.40. The molecule has 0 aromatic rings. The number of rotatable bonds is 0. The molecule has 2 bridgehead atoms. The molecule has 3 aliphatic rings. The molecule has 0 saturated heterocycles. The van der Waals surface area contributed by atoms with Crippen LogP contribution in [0.5, 0.6) is 0 Å². The summed E-state index contributed by atoms with van der Waals surface area (Å²) in [5.74, 6) is 0.870. The van der Waals surface area contributed by atoms with E-state index in [-0.39, 0.29) is 0 Å². The minimum atomic E-state index is 0.303. The first-order valence-corrected chi connectivity index (χ1v) is 4.87. The van der Waals surface area contributed by atoms with E-state index in [1.807, 2.05) is 0 Å². The highest BCUT2D eigenvalue weighted by Gasteiger charge is 2.66. The van der Waals surface area contributed by atoms with Gasteiger partial charge in [-0.05, 0) is 30.6 Å². The summed E-state index contributed by atoms with van der Waals surface area (Å²) in [4.78, 5) is 5.41. The third kappa shape index (κ3) is 0.484. The predicted octanol–water partition coefficient (Wildman–Crippen LogP) is 2.20.